The van der Waals surface area contributed by atoms with Crippen molar-refractivity contribution in [1.29, 1.82) is 0 Å². The zero-order valence-electron chi connectivity index (χ0n) is 8.22. The summed E-state index contributed by atoms with van der Waals surface area (Å²) in [7, 11) is 0. The van der Waals surface area contributed by atoms with Crippen molar-refractivity contribution in [3.63, 3.8) is 0 Å². The number of aliphatic hydroxyl groups is 1. The SMILES string of the molecule is OC(CNCc1cccs1)c1ccsc1. The molecule has 0 aliphatic rings. The van der Waals surface area contributed by atoms with Gasteiger partial charge in [-0.1, -0.05) is 6.07 Å². The van der Waals surface area contributed by atoms with Gasteiger partial charge in [-0.25, -0.2) is 0 Å². The number of hydrogen-bond acceptors (Lipinski definition) is 4. The van der Waals surface area contributed by atoms with Crippen molar-refractivity contribution >= 4 is 22.7 Å². The molecule has 0 radical (unpaired) electrons. The van der Waals surface area contributed by atoms with Crippen molar-refractivity contribution in [2.45, 2.75) is 12.6 Å². The van der Waals surface area contributed by atoms with E-state index >= 15 is 0 Å². The normalized spacial score (nSPS) is 12.9. The van der Waals surface area contributed by atoms with E-state index in [2.05, 4.69) is 16.8 Å². The van der Waals surface area contributed by atoms with Gasteiger partial charge in [-0.2, -0.15) is 11.3 Å². The van der Waals surface area contributed by atoms with Gasteiger partial charge >= 0.3 is 0 Å². The molecule has 2 aromatic heterocycles. The van der Waals surface area contributed by atoms with Crippen LogP contribution in [0, 0.1) is 0 Å². The second-order valence-electron chi connectivity index (χ2n) is 3.28. The Morgan fingerprint density at radius 2 is 2.27 bits per heavy atom. The molecule has 80 valence electrons. The molecule has 4 heteroatoms. The molecule has 2 rings (SSSR count). The Morgan fingerprint density at radius 1 is 1.33 bits per heavy atom. The predicted molar refractivity (Wildman–Crippen MR) is 65.3 cm³/mol. The molecule has 15 heavy (non-hydrogen) atoms. The van der Waals surface area contributed by atoms with Crippen LogP contribution in [0.15, 0.2) is 34.3 Å². The van der Waals surface area contributed by atoms with Gasteiger partial charge in [0.05, 0.1) is 6.10 Å². The minimum Gasteiger partial charge on any atom is -0.387 e. The topological polar surface area (TPSA) is 32.3 Å². The molecule has 0 saturated heterocycles. The number of aliphatic hydroxyl groups excluding tert-OH is 1. The fraction of sp³-hybridized carbons (Fsp3) is 0.273. The summed E-state index contributed by atoms with van der Waals surface area (Å²) in [5.74, 6) is 0. The standard InChI is InChI=1S/C11H13NOS2/c13-11(9-3-5-14-8-9)7-12-6-10-2-1-4-15-10/h1-5,8,11-13H,6-7H2. The number of rotatable bonds is 5. The molecule has 1 unspecified atom stereocenters. The van der Waals surface area contributed by atoms with Crippen LogP contribution in [0.5, 0.6) is 0 Å². The predicted octanol–water partition coefficient (Wildman–Crippen LogP) is 2.63. The Kier molecular flexibility index (Phi) is 3.91. The van der Waals surface area contributed by atoms with Crippen molar-refractivity contribution in [2.75, 3.05) is 6.54 Å². The Balaban J connectivity index is 1.74. The first kappa shape index (κ1) is 10.8. The summed E-state index contributed by atoms with van der Waals surface area (Å²) in [6, 6.07) is 6.09. The smallest absolute Gasteiger partial charge is 0.0922 e. The Morgan fingerprint density at radius 3 is 2.93 bits per heavy atom. The lowest BCUT2D eigenvalue weighted by molar-refractivity contribution is 0.175. The lowest BCUT2D eigenvalue weighted by Gasteiger charge is -2.09. The molecule has 2 nitrogen and oxygen atoms in total. The van der Waals surface area contributed by atoms with Crippen molar-refractivity contribution in [1.82, 2.24) is 5.32 Å². The molecule has 2 aromatic rings. The van der Waals surface area contributed by atoms with Gasteiger partial charge in [0.15, 0.2) is 0 Å². The van der Waals surface area contributed by atoms with E-state index < -0.39 is 6.10 Å². The molecule has 0 saturated carbocycles. The van der Waals surface area contributed by atoms with E-state index in [0.29, 0.717) is 6.54 Å². The minimum absolute atomic E-state index is 0.392. The second kappa shape index (κ2) is 5.42. The zero-order valence-corrected chi connectivity index (χ0v) is 9.85. The van der Waals surface area contributed by atoms with Gasteiger partial charge in [0.2, 0.25) is 0 Å². The molecule has 0 aliphatic heterocycles. The van der Waals surface area contributed by atoms with Crippen molar-refractivity contribution in [3.8, 4) is 0 Å². The lowest BCUT2D eigenvalue weighted by atomic mass is 10.2. The van der Waals surface area contributed by atoms with E-state index in [1.807, 2.05) is 22.9 Å². The zero-order chi connectivity index (χ0) is 10.5. The number of thiophene rings is 2. The van der Waals surface area contributed by atoms with E-state index in [0.717, 1.165) is 12.1 Å². The molecule has 0 aromatic carbocycles. The summed E-state index contributed by atoms with van der Waals surface area (Å²) in [6.07, 6.45) is -0.392. The van der Waals surface area contributed by atoms with E-state index in [1.165, 1.54) is 4.88 Å². The van der Waals surface area contributed by atoms with Crippen LogP contribution in [-0.4, -0.2) is 11.7 Å². The summed E-state index contributed by atoms with van der Waals surface area (Å²) in [6.45, 7) is 1.44. The van der Waals surface area contributed by atoms with E-state index in [4.69, 9.17) is 0 Å². The third kappa shape index (κ3) is 3.14. The van der Waals surface area contributed by atoms with Gasteiger partial charge < -0.3 is 10.4 Å². The monoisotopic (exact) mass is 239 g/mol. The fourth-order valence-corrected chi connectivity index (χ4v) is 2.71. The van der Waals surface area contributed by atoms with Gasteiger partial charge in [0.1, 0.15) is 0 Å². The maximum Gasteiger partial charge on any atom is 0.0922 e. The largest absolute Gasteiger partial charge is 0.387 e. The van der Waals surface area contributed by atoms with Crippen molar-refractivity contribution in [3.05, 3.63) is 44.8 Å². The Bertz CT molecular complexity index is 369. The van der Waals surface area contributed by atoms with E-state index in [1.54, 1.807) is 22.7 Å². The van der Waals surface area contributed by atoms with Crippen LogP contribution in [0.25, 0.3) is 0 Å². The molecule has 0 amide bonds. The highest BCUT2D eigenvalue weighted by Gasteiger charge is 2.06. The average Bonchev–Trinajstić information content (AvgIpc) is 2.90. The molecular formula is C11H13NOS2. The molecule has 1 atom stereocenters. The highest BCUT2D eigenvalue weighted by Crippen LogP contribution is 2.15. The van der Waals surface area contributed by atoms with Crippen LogP contribution < -0.4 is 5.32 Å². The summed E-state index contributed by atoms with van der Waals surface area (Å²) in [5.41, 5.74) is 0.999. The summed E-state index contributed by atoms with van der Waals surface area (Å²) in [5, 5.41) is 19.1. The molecule has 0 aliphatic carbocycles. The van der Waals surface area contributed by atoms with Crippen LogP contribution in [0.2, 0.25) is 0 Å². The molecule has 2 heterocycles. The number of nitrogens with one attached hydrogen (secondary N) is 1. The molecule has 2 N–H and O–H groups in total. The minimum atomic E-state index is -0.392. The van der Waals surface area contributed by atoms with E-state index in [-0.39, 0.29) is 0 Å². The van der Waals surface area contributed by atoms with Gasteiger partial charge in [-0.3, -0.25) is 0 Å². The first-order valence-corrected chi connectivity index (χ1v) is 6.62. The first-order chi connectivity index (χ1) is 7.36. The van der Waals surface area contributed by atoms with Crippen molar-refractivity contribution < 1.29 is 5.11 Å². The highest BCUT2D eigenvalue weighted by atomic mass is 32.1. The lowest BCUT2D eigenvalue weighted by Crippen LogP contribution is -2.20. The third-order valence-electron chi connectivity index (χ3n) is 2.14. The van der Waals surface area contributed by atoms with Gasteiger partial charge in [-0.15, -0.1) is 11.3 Å². The molecular weight excluding hydrogens is 226 g/mol. The van der Waals surface area contributed by atoms with E-state index in [9.17, 15) is 5.11 Å². The summed E-state index contributed by atoms with van der Waals surface area (Å²) >= 11 is 3.34. The third-order valence-corrected chi connectivity index (χ3v) is 3.72. The quantitative estimate of drug-likeness (QED) is 0.840. The van der Waals surface area contributed by atoms with Crippen LogP contribution in [0.4, 0.5) is 0 Å². The highest BCUT2D eigenvalue weighted by molar-refractivity contribution is 7.09. The van der Waals surface area contributed by atoms with Crippen LogP contribution >= 0.6 is 22.7 Å². The van der Waals surface area contributed by atoms with Gasteiger partial charge in [-0.05, 0) is 33.8 Å². The Labute approximate surface area is 97.2 Å². The average molecular weight is 239 g/mol. The first-order valence-electron chi connectivity index (χ1n) is 4.79. The molecule has 0 bridgehead atoms. The molecule has 0 spiro atoms. The fourth-order valence-electron chi connectivity index (χ4n) is 1.33. The van der Waals surface area contributed by atoms with Crippen LogP contribution in [0.3, 0.4) is 0 Å². The maximum atomic E-state index is 9.79. The Hall–Kier alpha value is -0.680. The van der Waals surface area contributed by atoms with Crippen molar-refractivity contribution in [2.24, 2.45) is 0 Å². The van der Waals surface area contributed by atoms with Gasteiger partial charge in [0.25, 0.3) is 0 Å². The summed E-state index contributed by atoms with van der Waals surface area (Å²) in [4.78, 5) is 1.30. The van der Waals surface area contributed by atoms with Gasteiger partial charge in [0, 0.05) is 18.0 Å². The van der Waals surface area contributed by atoms with Crippen LogP contribution in [0.1, 0.15) is 16.5 Å². The molecule has 0 fully saturated rings. The second-order valence-corrected chi connectivity index (χ2v) is 5.10. The number of hydrogen-bond donors (Lipinski definition) is 2. The maximum absolute atomic E-state index is 9.79. The van der Waals surface area contributed by atoms with Crippen LogP contribution in [-0.2, 0) is 6.54 Å². The summed E-state index contributed by atoms with van der Waals surface area (Å²) < 4.78 is 0.